The second kappa shape index (κ2) is 11.2. The zero-order chi connectivity index (χ0) is 29.4. The highest BCUT2D eigenvalue weighted by atomic mass is 35.5. The monoisotopic (exact) mass is 607 g/mol. The molecule has 42 heavy (non-hydrogen) atoms. The fourth-order valence-corrected chi connectivity index (χ4v) is 5.47. The van der Waals surface area contributed by atoms with E-state index in [1.165, 1.54) is 12.4 Å². The van der Waals surface area contributed by atoms with Crippen LogP contribution in [0.4, 0.5) is 25.1 Å². The van der Waals surface area contributed by atoms with E-state index >= 15 is 0 Å². The predicted molar refractivity (Wildman–Crippen MR) is 160 cm³/mol. The van der Waals surface area contributed by atoms with Crippen molar-refractivity contribution in [3.8, 4) is 17.1 Å². The van der Waals surface area contributed by atoms with Crippen molar-refractivity contribution in [2.45, 2.75) is 25.3 Å². The van der Waals surface area contributed by atoms with Crippen LogP contribution >= 0.6 is 23.2 Å². The average molecular weight is 608 g/mol. The van der Waals surface area contributed by atoms with Crippen molar-refractivity contribution in [2.75, 3.05) is 23.3 Å². The molecule has 2 amide bonds. The first-order valence-corrected chi connectivity index (χ1v) is 14.0. The van der Waals surface area contributed by atoms with Gasteiger partial charge < -0.3 is 15.5 Å². The molecule has 1 fully saturated rings. The van der Waals surface area contributed by atoms with Crippen molar-refractivity contribution in [3.63, 3.8) is 0 Å². The molecule has 6 rings (SSSR count). The SMILES string of the molecule is CC1(NC(=O)Nc2ccc(F)cc2F)CCN(c2ncnc3c2nc(-c2ccccc2Cl)n3-c2ccc(Cl)cc2)CC1. The lowest BCUT2D eigenvalue weighted by Crippen LogP contribution is -2.54. The maximum atomic E-state index is 14.0. The summed E-state index contributed by atoms with van der Waals surface area (Å²) in [5.41, 5.74) is 2.14. The maximum Gasteiger partial charge on any atom is 0.319 e. The van der Waals surface area contributed by atoms with Gasteiger partial charge in [-0.15, -0.1) is 0 Å². The summed E-state index contributed by atoms with van der Waals surface area (Å²) >= 11 is 12.8. The number of aromatic nitrogens is 4. The summed E-state index contributed by atoms with van der Waals surface area (Å²) in [6.45, 7) is 3.08. The molecule has 1 aliphatic rings. The van der Waals surface area contributed by atoms with Crippen LogP contribution in [0.25, 0.3) is 28.2 Å². The molecule has 0 unspecified atom stereocenters. The Balaban J connectivity index is 1.28. The number of imidazole rings is 1. The van der Waals surface area contributed by atoms with Crippen molar-refractivity contribution >= 4 is 51.9 Å². The Morgan fingerprint density at radius 1 is 0.976 bits per heavy atom. The Hall–Kier alpha value is -4.28. The van der Waals surface area contributed by atoms with Gasteiger partial charge in [0.2, 0.25) is 0 Å². The van der Waals surface area contributed by atoms with E-state index in [0.29, 0.717) is 58.8 Å². The van der Waals surface area contributed by atoms with Crippen molar-refractivity contribution < 1.29 is 13.6 Å². The molecule has 0 saturated carbocycles. The zero-order valence-corrected chi connectivity index (χ0v) is 23.9. The number of nitrogens with zero attached hydrogens (tertiary/aromatic N) is 5. The lowest BCUT2D eigenvalue weighted by Gasteiger charge is -2.40. The third-order valence-corrected chi connectivity index (χ3v) is 7.97. The van der Waals surface area contributed by atoms with Crippen LogP contribution < -0.4 is 15.5 Å². The molecule has 2 N–H and O–H groups in total. The van der Waals surface area contributed by atoms with Gasteiger partial charge in [0.1, 0.15) is 23.8 Å². The molecule has 0 radical (unpaired) electrons. The van der Waals surface area contributed by atoms with E-state index in [1.54, 1.807) is 12.1 Å². The normalized spacial score (nSPS) is 14.6. The smallest absolute Gasteiger partial charge is 0.319 e. The number of carbonyl (C=O) groups excluding carboxylic acids is 1. The van der Waals surface area contributed by atoms with Crippen LogP contribution in [0.1, 0.15) is 19.8 Å². The molecule has 3 heterocycles. The van der Waals surface area contributed by atoms with E-state index in [2.05, 4.69) is 25.5 Å². The summed E-state index contributed by atoms with van der Waals surface area (Å²) in [6, 6.07) is 17.3. The fraction of sp³-hybridized carbons (Fsp3) is 0.200. The van der Waals surface area contributed by atoms with E-state index in [9.17, 15) is 13.6 Å². The summed E-state index contributed by atoms with van der Waals surface area (Å²) in [4.78, 5) is 29.0. The van der Waals surface area contributed by atoms with Gasteiger partial charge in [-0.3, -0.25) is 4.57 Å². The Labute approximate surface area is 250 Å². The molecule has 3 aromatic carbocycles. The first-order chi connectivity index (χ1) is 20.2. The number of urea groups is 1. The minimum Gasteiger partial charge on any atom is -0.354 e. The maximum absolute atomic E-state index is 14.0. The predicted octanol–water partition coefficient (Wildman–Crippen LogP) is 7.25. The number of nitrogens with one attached hydrogen (secondary N) is 2. The second-order valence-electron chi connectivity index (χ2n) is 10.3. The quantitative estimate of drug-likeness (QED) is 0.220. The third kappa shape index (κ3) is 5.47. The summed E-state index contributed by atoms with van der Waals surface area (Å²) in [6.07, 6.45) is 2.69. The number of carbonyl (C=O) groups is 1. The number of hydrogen-bond acceptors (Lipinski definition) is 5. The van der Waals surface area contributed by atoms with Gasteiger partial charge >= 0.3 is 6.03 Å². The van der Waals surface area contributed by atoms with Gasteiger partial charge in [-0.2, -0.15) is 0 Å². The van der Waals surface area contributed by atoms with Crippen LogP contribution in [0.2, 0.25) is 10.0 Å². The first kappa shape index (κ1) is 27.9. The van der Waals surface area contributed by atoms with Gasteiger partial charge in [-0.25, -0.2) is 28.5 Å². The molecule has 5 aromatic rings. The number of hydrogen-bond donors (Lipinski definition) is 2. The van der Waals surface area contributed by atoms with Gasteiger partial charge in [0.15, 0.2) is 17.0 Å². The molecule has 0 spiro atoms. The van der Waals surface area contributed by atoms with Crippen LogP contribution in [0.5, 0.6) is 0 Å². The number of fused-ring (bicyclic) bond motifs is 1. The average Bonchev–Trinajstić information content (AvgIpc) is 3.35. The molecular formula is C30H25Cl2F2N7O. The molecule has 1 aliphatic heterocycles. The lowest BCUT2D eigenvalue weighted by molar-refractivity contribution is 0.229. The fourth-order valence-electron chi connectivity index (χ4n) is 5.13. The van der Waals surface area contributed by atoms with E-state index < -0.39 is 23.2 Å². The molecular weight excluding hydrogens is 583 g/mol. The van der Waals surface area contributed by atoms with Crippen LogP contribution in [0, 0.1) is 11.6 Å². The number of anilines is 2. The van der Waals surface area contributed by atoms with Crippen LogP contribution in [-0.2, 0) is 0 Å². The van der Waals surface area contributed by atoms with Crippen molar-refractivity contribution in [2.24, 2.45) is 0 Å². The number of rotatable bonds is 5. The van der Waals surface area contributed by atoms with Gasteiger partial charge in [0.25, 0.3) is 0 Å². The topological polar surface area (TPSA) is 88.0 Å². The molecule has 0 aliphatic carbocycles. The van der Waals surface area contributed by atoms with E-state index in [0.717, 1.165) is 23.4 Å². The summed E-state index contributed by atoms with van der Waals surface area (Å²) in [7, 11) is 0. The third-order valence-electron chi connectivity index (χ3n) is 7.39. The molecule has 214 valence electrons. The minimum atomic E-state index is -0.841. The lowest BCUT2D eigenvalue weighted by atomic mass is 9.89. The molecule has 0 atom stereocenters. The van der Waals surface area contributed by atoms with Crippen molar-refractivity contribution in [1.29, 1.82) is 0 Å². The molecule has 8 nitrogen and oxygen atoms in total. The van der Waals surface area contributed by atoms with E-state index in [1.807, 2.05) is 47.9 Å². The Bertz CT molecular complexity index is 1790. The van der Waals surface area contributed by atoms with Crippen molar-refractivity contribution in [1.82, 2.24) is 24.8 Å². The summed E-state index contributed by atoms with van der Waals surface area (Å²) in [5.74, 6) is -0.269. The van der Waals surface area contributed by atoms with Gasteiger partial charge in [-0.1, -0.05) is 35.3 Å². The Kier molecular flexibility index (Phi) is 7.42. The number of amides is 2. The second-order valence-corrected chi connectivity index (χ2v) is 11.2. The highest BCUT2D eigenvalue weighted by Gasteiger charge is 2.33. The van der Waals surface area contributed by atoms with Crippen molar-refractivity contribution in [3.05, 3.63) is 94.7 Å². The van der Waals surface area contributed by atoms with Gasteiger partial charge in [-0.05, 0) is 68.3 Å². The molecule has 2 aromatic heterocycles. The largest absolute Gasteiger partial charge is 0.354 e. The molecule has 12 heteroatoms. The Morgan fingerprint density at radius 3 is 2.43 bits per heavy atom. The van der Waals surface area contributed by atoms with Gasteiger partial charge in [0, 0.05) is 41.0 Å². The zero-order valence-electron chi connectivity index (χ0n) is 22.4. The standard InChI is InChI=1S/C30H25Cl2F2N7O/c1-30(39-29(42)37-24-11-8-19(33)16-23(24)34)12-14-40(15-13-30)27-25-28(36-17-35-27)41(20-9-6-18(31)7-10-20)26(38-25)21-4-2-3-5-22(21)32/h2-11,16-17H,12-15H2,1H3,(H2,37,39,42). The highest BCUT2D eigenvalue weighted by molar-refractivity contribution is 6.33. The molecule has 1 saturated heterocycles. The van der Waals surface area contributed by atoms with Gasteiger partial charge in [0.05, 0.1) is 10.7 Å². The van der Waals surface area contributed by atoms with Crippen LogP contribution in [0.15, 0.2) is 73.1 Å². The van der Waals surface area contributed by atoms with Crippen LogP contribution in [-0.4, -0.2) is 44.2 Å². The molecule has 0 bridgehead atoms. The summed E-state index contributed by atoms with van der Waals surface area (Å²) in [5, 5.41) is 6.58. The number of benzene rings is 3. The number of halogens is 4. The highest BCUT2D eigenvalue weighted by Crippen LogP contribution is 2.36. The minimum absolute atomic E-state index is 0.0936. The Morgan fingerprint density at radius 2 is 1.71 bits per heavy atom. The van der Waals surface area contributed by atoms with E-state index in [4.69, 9.17) is 28.2 Å². The first-order valence-electron chi connectivity index (χ1n) is 13.2. The van der Waals surface area contributed by atoms with Crippen LogP contribution in [0.3, 0.4) is 0 Å². The summed E-state index contributed by atoms with van der Waals surface area (Å²) < 4.78 is 29.2. The number of piperidine rings is 1. The van der Waals surface area contributed by atoms with E-state index in [-0.39, 0.29) is 5.69 Å².